The Morgan fingerprint density at radius 3 is 2.23 bits per heavy atom. The van der Waals surface area contributed by atoms with Crippen molar-refractivity contribution < 1.29 is 23.9 Å². The summed E-state index contributed by atoms with van der Waals surface area (Å²) in [5.41, 5.74) is 1.13. The van der Waals surface area contributed by atoms with E-state index in [2.05, 4.69) is 15.3 Å². The van der Waals surface area contributed by atoms with E-state index < -0.39 is 23.9 Å². The lowest BCUT2D eigenvalue weighted by Gasteiger charge is -2.11. The first-order valence-electron chi connectivity index (χ1n) is 9.37. The van der Waals surface area contributed by atoms with Crippen LogP contribution in [-0.2, 0) is 19.1 Å². The van der Waals surface area contributed by atoms with E-state index in [4.69, 9.17) is 9.47 Å². The fourth-order valence-corrected chi connectivity index (χ4v) is 2.66. The standard InChI is InChI=1S/C21H20N4O5/c1-3-29-20(27)14-10-12-15(13-11-14)22-23-17-18(21(28)30-4-2)24-25(19(17)26)16-8-6-5-7-9-16/h5-13,17H,3-4H2,1-2H3/t17-/m0/s1. The van der Waals surface area contributed by atoms with Gasteiger partial charge in [0.05, 0.1) is 30.2 Å². The molecule has 0 saturated carbocycles. The number of carbonyl (C=O) groups is 3. The van der Waals surface area contributed by atoms with Crippen LogP contribution in [0.5, 0.6) is 0 Å². The van der Waals surface area contributed by atoms with Gasteiger partial charge < -0.3 is 9.47 Å². The van der Waals surface area contributed by atoms with E-state index in [1.807, 2.05) is 0 Å². The Morgan fingerprint density at radius 1 is 0.967 bits per heavy atom. The third-order valence-corrected chi connectivity index (χ3v) is 4.06. The lowest BCUT2D eigenvalue weighted by Crippen LogP contribution is -2.33. The number of esters is 2. The summed E-state index contributed by atoms with van der Waals surface area (Å²) in [5, 5.41) is 13.3. The summed E-state index contributed by atoms with van der Waals surface area (Å²) in [6.07, 6.45) is 0. The smallest absolute Gasteiger partial charge is 0.357 e. The van der Waals surface area contributed by atoms with Gasteiger partial charge in [-0.3, -0.25) is 4.79 Å². The second-order valence-corrected chi connectivity index (χ2v) is 6.08. The molecule has 0 bridgehead atoms. The molecule has 0 aliphatic carbocycles. The van der Waals surface area contributed by atoms with Crippen LogP contribution in [0.25, 0.3) is 0 Å². The number of ether oxygens (including phenoxy) is 2. The number of anilines is 1. The molecule has 0 saturated heterocycles. The minimum absolute atomic E-state index is 0.135. The van der Waals surface area contributed by atoms with E-state index in [1.165, 1.54) is 0 Å². The van der Waals surface area contributed by atoms with Crippen LogP contribution in [0, 0.1) is 0 Å². The van der Waals surface area contributed by atoms with E-state index in [0.29, 0.717) is 16.9 Å². The van der Waals surface area contributed by atoms with Gasteiger partial charge in [0.15, 0.2) is 5.71 Å². The van der Waals surface area contributed by atoms with Crippen LogP contribution in [0.2, 0.25) is 0 Å². The molecule has 0 spiro atoms. The number of azo groups is 1. The Bertz CT molecular complexity index is 986. The number of amides is 1. The molecule has 2 aromatic rings. The highest BCUT2D eigenvalue weighted by atomic mass is 16.5. The molecule has 0 aromatic heterocycles. The molecule has 154 valence electrons. The van der Waals surface area contributed by atoms with Crippen molar-refractivity contribution in [2.24, 2.45) is 15.3 Å². The van der Waals surface area contributed by atoms with Gasteiger partial charge in [-0.2, -0.15) is 20.3 Å². The molecule has 0 unspecified atom stereocenters. The van der Waals surface area contributed by atoms with Crippen molar-refractivity contribution >= 4 is 34.9 Å². The maximum Gasteiger partial charge on any atom is 0.357 e. The number of carbonyl (C=O) groups excluding carboxylic acids is 3. The van der Waals surface area contributed by atoms with Gasteiger partial charge in [-0.1, -0.05) is 18.2 Å². The summed E-state index contributed by atoms with van der Waals surface area (Å²) in [4.78, 5) is 36.9. The third-order valence-electron chi connectivity index (χ3n) is 4.06. The molecule has 0 N–H and O–H groups in total. The Hall–Kier alpha value is -3.88. The van der Waals surface area contributed by atoms with Gasteiger partial charge in [0.25, 0.3) is 5.91 Å². The first-order chi connectivity index (χ1) is 14.5. The number of hydrogen-bond acceptors (Lipinski definition) is 8. The molecular weight excluding hydrogens is 388 g/mol. The molecule has 1 atom stereocenters. The van der Waals surface area contributed by atoms with Crippen LogP contribution in [0.1, 0.15) is 24.2 Å². The largest absolute Gasteiger partial charge is 0.462 e. The Balaban J connectivity index is 1.83. The average Bonchev–Trinajstić information content (AvgIpc) is 3.10. The monoisotopic (exact) mass is 408 g/mol. The maximum atomic E-state index is 12.9. The predicted molar refractivity (Wildman–Crippen MR) is 109 cm³/mol. The molecule has 0 fully saturated rings. The van der Waals surface area contributed by atoms with E-state index in [1.54, 1.807) is 68.4 Å². The van der Waals surface area contributed by atoms with Crippen LogP contribution in [0.4, 0.5) is 11.4 Å². The number of hydrogen-bond donors (Lipinski definition) is 0. The second-order valence-electron chi connectivity index (χ2n) is 6.08. The van der Waals surface area contributed by atoms with Gasteiger partial charge in [-0.25, -0.2) is 9.59 Å². The van der Waals surface area contributed by atoms with E-state index >= 15 is 0 Å². The summed E-state index contributed by atoms with van der Waals surface area (Å²) in [7, 11) is 0. The summed E-state index contributed by atoms with van der Waals surface area (Å²) < 4.78 is 9.93. The third kappa shape index (κ3) is 4.57. The van der Waals surface area contributed by atoms with Gasteiger partial charge in [-0.15, -0.1) is 0 Å². The minimum atomic E-state index is -1.23. The zero-order valence-electron chi connectivity index (χ0n) is 16.5. The molecule has 30 heavy (non-hydrogen) atoms. The quantitative estimate of drug-likeness (QED) is 0.516. The summed E-state index contributed by atoms with van der Waals surface area (Å²) in [5.74, 6) is -1.69. The van der Waals surface area contributed by atoms with Crippen LogP contribution >= 0.6 is 0 Å². The maximum absolute atomic E-state index is 12.9. The molecular formula is C21H20N4O5. The van der Waals surface area contributed by atoms with E-state index in [9.17, 15) is 14.4 Å². The fraction of sp³-hybridized carbons (Fsp3) is 0.238. The van der Waals surface area contributed by atoms with Gasteiger partial charge in [0.1, 0.15) is 0 Å². The topological polar surface area (TPSA) is 110 Å². The van der Waals surface area contributed by atoms with Gasteiger partial charge in [0.2, 0.25) is 6.04 Å². The van der Waals surface area contributed by atoms with Crippen molar-refractivity contribution in [2.75, 3.05) is 18.2 Å². The molecule has 9 nitrogen and oxygen atoms in total. The fourth-order valence-electron chi connectivity index (χ4n) is 2.66. The summed E-state index contributed by atoms with van der Waals surface area (Å²) in [6, 6.07) is 13.7. The molecule has 1 aliphatic rings. The van der Waals surface area contributed by atoms with Crippen LogP contribution in [0.15, 0.2) is 69.9 Å². The van der Waals surface area contributed by atoms with Crippen molar-refractivity contribution in [1.82, 2.24) is 0 Å². The van der Waals surface area contributed by atoms with Crippen molar-refractivity contribution in [1.29, 1.82) is 0 Å². The first-order valence-corrected chi connectivity index (χ1v) is 9.37. The number of benzene rings is 2. The Kier molecular flexibility index (Phi) is 6.63. The van der Waals surface area contributed by atoms with Crippen LogP contribution in [0.3, 0.4) is 0 Å². The molecule has 0 radical (unpaired) electrons. The average molecular weight is 408 g/mol. The lowest BCUT2D eigenvalue weighted by molar-refractivity contribution is -0.135. The van der Waals surface area contributed by atoms with Gasteiger partial charge in [0, 0.05) is 0 Å². The highest BCUT2D eigenvalue weighted by Gasteiger charge is 2.41. The number of para-hydroxylation sites is 1. The Labute approximate surface area is 173 Å². The van der Waals surface area contributed by atoms with Crippen LogP contribution in [-0.4, -0.2) is 42.8 Å². The number of rotatable bonds is 7. The zero-order chi connectivity index (χ0) is 21.5. The number of nitrogens with zero attached hydrogens (tertiary/aromatic N) is 4. The van der Waals surface area contributed by atoms with Crippen molar-refractivity contribution in [3.8, 4) is 0 Å². The molecule has 1 heterocycles. The van der Waals surface area contributed by atoms with E-state index in [0.717, 1.165) is 5.01 Å². The van der Waals surface area contributed by atoms with Crippen molar-refractivity contribution in [2.45, 2.75) is 19.9 Å². The molecule has 1 amide bonds. The molecule has 2 aromatic carbocycles. The second kappa shape index (κ2) is 9.55. The van der Waals surface area contributed by atoms with E-state index in [-0.39, 0.29) is 18.9 Å². The summed E-state index contributed by atoms with van der Waals surface area (Å²) in [6.45, 7) is 3.79. The predicted octanol–water partition coefficient (Wildman–Crippen LogP) is 3.28. The lowest BCUT2D eigenvalue weighted by atomic mass is 10.2. The normalized spacial score (nSPS) is 15.9. The molecule has 3 rings (SSSR count). The minimum Gasteiger partial charge on any atom is -0.462 e. The summed E-state index contributed by atoms with van der Waals surface area (Å²) >= 11 is 0. The van der Waals surface area contributed by atoms with Crippen LogP contribution < -0.4 is 5.01 Å². The Morgan fingerprint density at radius 2 is 1.60 bits per heavy atom. The first kappa shape index (κ1) is 20.8. The van der Waals surface area contributed by atoms with Crippen molar-refractivity contribution in [3.63, 3.8) is 0 Å². The molecule has 1 aliphatic heterocycles. The zero-order valence-corrected chi connectivity index (χ0v) is 16.5. The van der Waals surface area contributed by atoms with Crippen molar-refractivity contribution in [3.05, 3.63) is 60.2 Å². The highest BCUT2D eigenvalue weighted by molar-refractivity contribution is 6.46. The highest BCUT2D eigenvalue weighted by Crippen LogP contribution is 2.24. The number of hydrazone groups is 1. The van der Waals surface area contributed by atoms with Gasteiger partial charge in [-0.05, 0) is 50.2 Å². The SMILES string of the molecule is CCOC(=O)C1=NN(c2ccccc2)C(=O)[C@H]1N=Nc1ccc(C(=O)OCC)cc1. The van der Waals surface area contributed by atoms with Gasteiger partial charge >= 0.3 is 11.9 Å². The molecule has 9 heteroatoms.